The molecule has 7 nitrogen and oxygen atoms in total. The molecular formula is C20H20F3N3O4S. The van der Waals surface area contributed by atoms with Crippen LogP contribution in [-0.2, 0) is 21.0 Å². The van der Waals surface area contributed by atoms with E-state index in [0.29, 0.717) is 24.5 Å². The maximum atomic E-state index is 13.3. The van der Waals surface area contributed by atoms with Gasteiger partial charge in [0.2, 0.25) is 0 Å². The van der Waals surface area contributed by atoms with Crippen molar-refractivity contribution in [2.75, 3.05) is 34.6 Å². The van der Waals surface area contributed by atoms with E-state index in [1.54, 1.807) is 0 Å². The predicted octanol–water partition coefficient (Wildman–Crippen LogP) is 3.83. The molecule has 1 saturated heterocycles. The number of alkyl halides is 3. The summed E-state index contributed by atoms with van der Waals surface area (Å²) in [6, 6.07) is 6.93. The molecular weight excluding hydrogens is 435 g/mol. The topological polar surface area (TPSA) is 87.7 Å². The lowest BCUT2D eigenvalue weighted by Gasteiger charge is -2.31. The van der Waals surface area contributed by atoms with Gasteiger partial charge in [0, 0.05) is 13.1 Å². The number of sulfonamides is 1. The highest BCUT2D eigenvalue weighted by molar-refractivity contribution is 7.92. The van der Waals surface area contributed by atoms with Gasteiger partial charge in [0.05, 0.1) is 27.5 Å². The summed E-state index contributed by atoms with van der Waals surface area (Å²) in [5, 5.41) is 2.52. The highest BCUT2D eigenvalue weighted by Gasteiger charge is 2.32. The van der Waals surface area contributed by atoms with Crippen LogP contribution in [0, 0.1) is 0 Å². The molecule has 2 heterocycles. The molecule has 2 aliphatic heterocycles. The van der Waals surface area contributed by atoms with Gasteiger partial charge in [0.25, 0.3) is 15.9 Å². The van der Waals surface area contributed by atoms with Crippen LogP contribution < -0.4 is 19.7 Å². The molecule has 11 heteroatoms. The Balaban J connectivity index is 1.71. The zero-order chi connectivity index (χ0) is 22.2. The molecule has 2 aliphatic rings. The van der Waals surface area contributed by atoms with Gasteiger partial charge >= 0.3 is 6.18 Å². The third-order valence-corrected chi connectivity index (χ3v) is 6.52. The largest absolute Gasteiger partial charge is 0.482 e. The van der Waals surface area contributed by atoms with Crippen molar-refractivity contribution < 1.29 is 31.1 Å². The molecule has 166 valence electrons. The zero-order valence-corrected chi connectivity index (χ0v) is 17.1. The second kappa shape index (κ2) is 7.95. The van der Waals surface area contributed by atoms with Gasteiger partial charge in [-0.25, -0.2) is 8.42 Å². The number of fused-ring (bicyclic) bond motifs is 1. The summed E-state index contributed by atoms with van der Waals surface area (Å²) >= 11 is 0. The fourth-order valence-corrected chi connectivity index (χ4v) is 4.73. The molecule has 0 aliphatic carbocycles. The molecule has 0 aromatic heterocycles. The minimum Gasteiger partial charge on any atom is -0.482 e. The maximum absolute atomic E-state index is 13.3. The minimum atomic E-state index is -4.62. The predicted molar refractivity (Wildman–Crippen MR) is 109 cm³/mol. The Morgan fingerprint density at radius 1 is 1.03 bits per heavy atom. The van der Waals surface area contributed by atoms with Gasteiger partial charge in [0.1, 0.15) is 5.75 Å². The van der Waals surface area contributed by atoms with Gasteiger partial charge < -0.3 is 15.0 Å². The van der Waals surface area contributed by atoms with Gasteiger partial charge in [-0.2, -0.15) is 13.2 Å². The van der Waals surface area contributed by atoms with Crippen LogP contribution in [-0.4, -0.2) is 34.0 Å². The van der Waals surface area contributed by atoms with E-state index in [0.717, 1.165) is 31.4 Å². The number of halogens is 3. The quantitative estimate of drug-likeness (QED) is 0.732. The van der Waals surface area contributed by atoms with Crippen LogP contribution in [0.2, 0.25) is 0 Å². The summed E-state index contributed by atoms with van der Waals surface area (Å²) in [6.07, 6.45) is -1.86. The van der Waals surface area contributed by atoms with Gasteiger partial charge in [-0.15, -0.1) is 0 Å². The van der Waals surface area contributed by atoms with Crippen molar-refractivity contribution in [3.05, 3.63) is 42.0 Å². The average Bonchev–Trinajstić information content (AvgIpc) is 2.73. The second-order valence-electron chi connectivity index (χ2n) is 7.38. The number of piperidine rings is 1. The summed E-state index contributed by atoms with van der Waals surface area (Å²) in [5.74, 6) is -0.119. The molecule has 1 amide bonds. The summed E-state index contributed by atoms with van der Waals surface area (Å²) in [4.78, 5) is 13.2. The van der Waals surface area contributed by atoms with Crippen molar-refractivity contribution in [3.63, 3.8) is 0 Å². The number of carbonyl (C=O) groups is 1. The summed E-state index contributed by atoms with van der Waals surface area (Å²) < 4.78 is 73.4. The highest BCUT2D eigenvalue weighted by atomic mass is 32.2. The van der Waals surface area contributed by atoms with E-state index >= 15 is 0 Å². The van der Waals surface area contributed by atoms with Crippen molar-refractivity contribution in [1.29, 1.82) is 0 Å². The maximum Gasteiger partial charge on any atom is 0.416 e. The number of hydrogen-bond acceptors (Lipinski definition) is 5. The lowest BCUT2D eigenvalue weighted by molar-refractivity contribution is -0.137. The highest BCUT2D eigenvalue weighted by Crippen LogP contribution is 2.38. The van der Waals surface area contributed by atoms with Gasteiger partial charge in [0.15, 0.2) is 6.61 Å². The molecule has 0 spiro atoms. The Kier molecular flexibility index (Phi) is 5.46. The Bertz CT molecular complexity index is 1110. The monoisotopic (exact) mass is 455 g/mol. The number of amides is 1. The number of anilines is 3. The lowest BCUT2D eigenvalue weighted by Crippen LogP contribution is -2.30. The molecule has 1 fully saturated rings. The van der Waals surface area contributed by atoms with E-state index in [-0.39, 0.29) is 22.9 Å². The number of nitrogens with zero attached hydrogens (tertiary/aromatic N) is 1. The Labute approximate surface area is 177 Å². The number of carbonyl (C=O) groups excluding carboxylic acids is 1. The van der Waals surface area contributed by atoms with Crippen LogP contribution in [0.25, 0.3) is 0 Å². The van der Waals surface area contributed by atoms with Gasteiger partial charge in [-0.1, -0.05) is 0 Å². The number of rotatable bonds is 4. The molecule has 0 atom stereocenters. The SMILES string of the molecule is O=C1COc2ccc(S(=O)(=O)Nc3cc(C(F)(F)F)ccc3N3CCCCC3)cc2N1. The first-order valence-electron chi connectivity index (χ1n) is 9.69. The lowest BCUT2D eigenvalue weighted by atomic mass is 10.1. The van der Waals surface area contributed by atoms with Crippen LogP contribution in [0.1, 0.15) is 24.8 Å². The van der Waals surface area contributed by atoms with E-state index < -0.39 is 27.7 Å². The van der Waals surface area contributed by atoms with Crippen molar-refractivity contribution >= 4 is 33.0 Å². The molecule has 31 heavy (non-hydrogen) atoms. The fourth-order valence-electron chi connectivity index (χ4n) is 3.64. The molecule has 0 saturated carbocycles. The summed E-state index contributed by atoms with van der Waals surface area (Å²) in [7, 11) is -4.24. The molecule has 0 radical (unpaired) electrons. The van der Waals surface area contributed by atoms with E-state index in [4.69, 9.17) is 4.74 Å². The molecule has 0 bridgehead atoms. The molecule has 2 aromatic rings. The van der Waals surface area contributed by atoms with E-state index in [9.17, 15) is 26.4 Å². The standard InChI is InChI=1S/C20H20F3N3O4S/c21-20(22,23)13-4-6-17(26-8-2-1-3-9-26)15(10-13)25-31(28,29)14-5-7-18-16(11-14)24-19(27)12-30-18/h4-7,10-11,25H,1-3,8-9,12H2,(H,24,27). The minimum absolute atomic E-state index is 0.144. The summed E-state index contributed by atoms with van der Waals surface area (Å²) in [5.41, 5.74) is -0.517. The van der Waals surface area contributed by atoms with Gasteiger partial charge in [-0.3, -0.25) is 9.52 Å². The zero-order valence-electron chi connectivity index (χ0n) is 16.3. The Morgan fingerprint density at radius 2 is 1.77 bits per heavy atom. The Morgan fingerprint density at radius 3 is 2.48 bits per heavy atom. The van der Waals surface area contributed by atoms with Crippen LogP contribution in [0.15, 0.2) is 41.3 Å². The van der Waals surface area contributed by atoms with Crippen molar-refractivity contribution in [2.24, 2.45) is 0 Å². The molecule has 2 aromatic carbocycles. The number of ether oxygens (including phenoxy) is 1. The molecule has 2 N–H and O–H groups in total. The first-order chi connectivity index (χ1) is 14.6. The van der Waals surface area contributed by atoms with E-state index in [1.165, 1.54) is 24.3 Å². The first-order valence-corrected chi connectivity index (χ1v) is 11.2. The third kappa shape index (κ3) is 4.55. The Hall–Kier alpha value is -2.95. The van der Waals surface area contributed by atoms with Crippen LogP contribution in [0.3, 0.4) is 0 Å². The second-order valence-corrected chi connectivity index (χ2v) is 9.06. The third-order valence-electron chi connectivity index (χ3n) is 5.16. The van der Waals surface area contributed by atoms with Crippen molar-refractivity contribution in [3.8, 4) is 5.75 Å². The summed E-state index contributed by atoms with van der Waals surface area (Å²) in [6.45, 7) is 1.07. The van der Waals surface area contributed by atoms with Crippen molar-refractivity contribution in [1.82, 2.24) is 0 Å². The van der Waals surface area contributed by atoms with Gasteiger partial charge in [-0.05, 0) is 55.7 Å². The molecule has 4 rings (SSSR count). The fraction of sp³-hybridized carbons (Fsp3) is 0.350. The average molecular weight is 455 g/mol. The number of hydrogen-bond donors (Lipinski definition) is 2. The van der Waals surface area contributed by atoms with Crippen LogP contribution in [0.4, 0.5) is 30.2 Å². The number of nitrogens with one attached hydrogen (secondary N) is 2. The molecule has 0 unspecified atom stereocenters. The van der Waals surface area contributed by atoms with E-state index in [1.807, 2.05) is 4.90 Å². The van der Waals surface area contributed by atoms with Crippen LogP contribution >= 0.6 is 0 Å². The number of benzene rings is 2. The first kappa shape index (κ1) is 21.3. The van der Waals surface area contributed by atoms with E-state index in [2.05, 4.69) is 10.0 Å². The van der Waals surface area contributed by atoms with Crippen LogP contribution in [0.5, 0.6) is 5.75 Å². The van der Waals surface area contributed by atoms with Crippen molar-refractivity contribution in [2.45, 2.75) is 30.3 Å². The normalized spacial score (nSPS) is 16.9. The smallest absolute Gasteiger partial charge is 0.416 e.